The number of thioether (sulfide) groups is 2. The van der Waals surface area contributed by atoms with Crippen molar-refractivity contribution in [3.05, 3.63) is 22.9 Å². The van der Waals surface area contributed by atoms with Crippen LogP contribution in [0.2, 0.25) is 0 Å². The number of nitriles is 1. The number of carbonyl (C=O) groups is 1. The summed E-state index contributed by atoms with van der Waals surface area (Å²) in [5.41, 5.74) is 3.05. The summed E-state index contributed by atoms with van der Waals surface area (Å²) in [6.45, 7) is 10.8. The molecule has 0 aromatic carbocycles. The Labute approximate surface area is 197 Å². The van der Waals surface area contributed by atoms with E-state index in [1.807, 2.05) is 13.0 Å². The van der Waals surface area contributed by atoms with Gasteiger partial charge in [0, 0.05) is 5.69 Å². The van der Waals surface area contributed by atoms with E-state index in [-0.39, 0.29) is 16.6 Å². The summed E-state index contributed by atoms with van der Waals surface area (Å²) in [7, 11) is 0. The molecular weight excluding hydrogens is 446 g/mol. The number of nitrogens with one attached hydrogen (secondary N) is 1. The van der Waals surface area contributed by atoms with Gasteiger partial charge in [-0.3, -0.25) is 10.1 Å². The summed E-state index contributed by atoms with van der Waals surface area (Å²) in [4.78, 5) is 17.7. The molecule has 1 aliphatic carbocycles. The van der Waals surface area contributed by atoms with Crippen molar-refractivity contribution >= 4 is 45.9 Å². The van der Waals surface area contributed by atoms with Gasteiger partial charge in [0.1, 0.15) is 11.1 Å². The normalized spacial score (nSPS) is 17.0. The van der Waals surface area contributed by atoms with E-state index < -0.39 is 0 Å². The zero-order valence-corrected chi connectivity index (χ0v) is 21.1. The van der Waals surface area contributed by atoms with Crippen LogP contribution in [-0.4, -0.2) is 32.1 Å². The molecule has 31 heavy (non-hydrogen) atoms. The fourth-order valence-corrected chi connectivity index (χ4v) is 6.29. The largest absolute Gasteiger partial charge is 0.300 e. The van der Waals surface area contributed by atoms with Gasteiger partial charge >= 0.3 is 0 Å². The van der Waals surface area contributed by atoms with E-state index in [4.69, 9.17) is 4.98 Å². The van der Waals surface area contributed by atoms with Gasteiger partial charge in [0.15, 0.2) is 4.34 Å². The maximum Gasteiger partial charge on any atom is 0.239 e. The zero-order chi connectivity index (χ0) is 22.6. The third-order valence-corrected chi connectivity index (χ3v) is 8.74. The number of pyridine rings is 1. The first-order valence-corrected chi connectivity index (χ1v) is 13.3. The minimum Gasteiger partial charge on any atom is -0.300 e. The Morgan fingerprint density at radius 1 is 1.39 bits per heavy atom. The van der Waals surface area contributed by atoms with Gasteiger partial charge in [0.2, 0.25) is 11.0 Å². The Kier molecular flexibility index (Phi) is 8.00. The van der Waals surface area contributed by atoms with Crippen molar-refractivity contribution in [1.29, 1.82) is 5.26 Å². The highest BCUT2D eigenvalue weighted by Crippen LogP contribution is 2.38. The van der Waals surface area contributed by atoms with Crippen LogP contribution in [0.4, 0.5) is 5.13 Å². The number of fused-ring (bicyclic) bond motifs is 1. The number of hydrogen-bond donors (Lipinski definition) is 1. The predicted octanol–water partition coefficient (Wildman–Crippen LogP) is 5.58. The van der Waals surface area contributed by atoms with Gasteiger partial charge in [0.05, 0.1) is 10.8 Å². The van der Waals surface area contributed by atoms with Crippen molar-refractivity contribution in [2.75, 3.05) is 11.1 Å². The van der Waals surface area contributed by atoms with Crippen LogP contribution >= 0.6 is 34.9 Å². The molecule has 2 aromatic rings. The Bertz CT molecular complexity index is 977. The molecule has 0 spiro atoms. The lowest BCUT2D eigenvalue weighted by atomic mass is 9.71. The molecule has 2 aromatic heterocycles. The van der Waals surface area contributed by atoms with Gasteiger partial charge in [0.25, 0.3) is 0 Å². The molecular formula is C22H29N5OS3. The summed E-state index contributed by atoms with van der Waals surface area (Å²) >= 11 is 4.35. The van der Waals surface area contributed by atoms with Crippen molar-refractivity contribution in [3.63, 3.8) is 0 Å². The Hall–Kier alpha value is -1.63. The number of amides is 1. The second kappa shape index (κ2) is 10.3. The molecule has 1 aliphatic rings. The van der Waals surface area contributed by atoms with E-state index in [0.29, 0.717) is 28.1 Å². The highest BCUT2D eigenvalue weighted by Gasteiger charge is 2.30. The number of aromatic nitrogens is 3. The highest BCUT2D eigenvalue weighted by molar-refractivity contribution is 8.01. The Morgan fingerprint density at radius 2 is 2.16 bits per heavy atom. The Balaban J connectivity index is 1.75. The molecule has 1 N–H and O–H groups in total. The van der Waals surface area contributed by atoms with Gasteiger partial charge in [-0.05, 0) is 54.4 Å². The van der Waals surface area contributed by atoms with Crippen LogP contribution in [0.25, 0.3) is 0 Å². The third-order valence-electron chi connectivity index (χ3n) is 5.52. The van der Waals surface area contributed by atoms with Crippen LogP contribution in [0.1, 0.15) is 64.3 Å². The van der Waals surface area contributed by atoms with Crippen molar-refractivity contribution < 1.29 is 4.79 Å². The van der Waals surface area contributed by atoms with Crippen molar-refractivity contribution in [2.24, 2.45) is 11.3 Å². The number of nitrogens with zero attached hydrogens (tertiary/aromatic N) is 4. The first-order valence-electron chi connectivity index (χ1n) is 10.6. The van der Waals surface area contributed by atoms with Gasteiger partial charge in [-0.2, -0.15) is 5.26 Å². The number of carbonyl (C=O) groups excluding carboxylic acids is 1. The maximum absolute atomic E-state index is 12.8. The molecule has 3 rings (SSSR count). The monoisotopic (exact) mass is 475 g/mol. The minimum atomic E-state index is -0.352. The fraction of sp³-hybridized carbons (Fsp3) is 0.591. The van der Waals surface area contributed by atoms with E-state index in [0.717, 1.165) is 35.0 Å². The van der Waals surface area contributed by atoms with E-state index in [1.165, 1.54) is 28.7 Å². The molecule has 166 valence electrons. The average molecular weight is 476 g/mol. The molecule has 6 nitrogen and oxygen atoms in total. The van der Waals surface area contributed by atoms with Crippen molar-refractivity contribution in [3.8, 4) is 6.07 Å². The third kappa shape index (κ3) is 5.99. The second-order valence-corrected chi connectivity index (χ2v) is 12.4. The van der Waals surface area contributed by atoms with Crippen LogP contribution in [0.5, 0.6) is 0 Å². The summed E-state index contributed by atoms with van der Waals surface area (Å²) in [6, 6.07) is 4.29. The number of rotatable bonds is 7. The van der Waals surface area contributed by atoms with Crippen LogP contribution in [0.15, 0.2) is 15.4 Å². The molecule has 1 amide bonds. The lowest BCUT2D eigenvalue weighted by molar-refractivity contribution is -0.115. The quantitative estimate of drug-likeness (QED) is 0.413. The molecule has 0 saturated carbocycles. The first kappa shape index (κ1) is 24.0. The molecule has 0 aliphatic heterocycles. The molecule has 2 heterocycles. The van der Waals surface area contributed by atoms with Crippen molar-refractivity contribution in [2.45, 2.75) is 74.9 Å². The molecule has 0 radical (unpaired) electrons. The van der Waals surface area contributed by atoms with E-state index in [2.05, 4.69) is 49.3 Å². The summed E-state index contributed by atoms with van der Waals surface area (Å²) < 4.78 is 0.843. The molecule has 2 unspecified atom stereocenters. The smallest absolute Gasteiger partial charge is 0.239 e. The lowest BCUT2D eigenvalue weighted by Crippen LogP contribution is -2.28. The highest BCUT2D eigenvalue weighted by atomic mass is 32.2. The summed E-state index contributed by atoms with van der Waals surface area (Å²) in [5, 5.41) is 21.6. The summed E-state index contributed by atoms with van der Waals surface area (Å²) in [5.74, 6) is 1.37. The average Bonchev–Trinajstić information content (AvgIpc) is 3.17. The molecule has 2 atom stereocenters. The number of aryl methyl sites for hydroxylation is 1. The molecule has 0 fully saturated rings. The number of anilines is 1. The molecule has 9 heteroatoms. The van der Waals surface area contributed by atoms with Gasteiger partial charge in [-0.1, -0.05) is 69.5 Å². The summed E-state index contributed by atoms with van der Waals surface area (Å²) in [6.07, 6.45) is 3.61. The van der Waals surface area contributed by atoms with Crippen LogP contribution < -0.4 is 5.32 Å². The van der Waals surface area contributed by atoms with E-state index >= 15 is 0 Å². The Morgan fingerprint density at radius 3 is 2.81 bits per heavy atom. The fourth-order valence-electron chi connectivity index (χ4n) is 3.64. The number of hydrogen-bond acceptors (Lipinski definition) is 8. The van der Waals surface area contributed by atoms with E-state index in [1.54, 1.807) is 11.8 Å². The predicted molar refractivity (Wildman–Crippen MR) is 129 cm³/mol. The second-order valence-electron chi connectivity index (χ2n) is 8.67. The maximum atomic E-state index is 12.8. The zero-order valence-electron chi connectivity index (χ0n) is 18.7. The van der Waals surface area contributed by atoms with Crippen molar-refractivity contribution in [1.82, 2.24) is 15.2 Å². The topological polar surface area (TPSA) is 91.6 Å². The van der Waals surface area contributed by atoms with Gasteiger partial charge < -0.3 is 0 Å². The molecule has 0 bridgehead atoms. The lowest BCUT2D eigenvalue weighted by Gasteiger charge is -2.34. The molecule has 0 saturated heterocycles. The van der Waals surface area contributed by atoms with E-state index in [9.17, 15) is 10.1 Å². The van der Waals surface area contributed by atoms with Gasteiger partial charge in [-0.25, -0.2) is 4.98 Å². The van der Waals surface area contributed by atoms with Crippen LogP contribution in [0, 0.1) is 22.7 Å². The van der Waals surface area contributed by atoms with Crippen LogP contribution in [-0.2, 0) is 17.6 Å². The van der Waals surface area contributed by atoms with Crippen LogP contribution in [0.3, 0.4) is 0 Å². The standard InChI is InChI=1S/C22H29N5OS3/c1-6-17(18(28)25-20-26-27-21(31-20)29-7-2)30-19-14(12-23)10-13-11-15(22(3,4)5)8-9-16(13)24-19/h10,15,17H,6-9,11H2,1-5H3,(H,25,26,28). The minimum absolute atomic E-state index is 0.132. The van der Waals surface area contributed by atoms with Gasteiger partial charge in [-0.15, -0.1) is 10.2 Å². The SMILES string of the molecule is CCSc1nnc(NC(=O)C(CC)Sc2nc3c(cc2C#N)CC(C(C)(C)C)CC3)s1. The first-order chi connectivity index (χ1) is 14.7.